The molecule has 1 aromatic rings. The van der Waals surface area contributed by atoms with Crippen LogP contribution in [-0.4, -0.2) is 42.2 Å². The average Bonchev–Trinajstić information content (AvgIpc) is 2.48. The van der Waals surface area contributed by atoms with Gasteiger partial charge in [-0.1, -0.05) is 23.2 Å². The van der Waals surface area contributed by atoms with E-state index in [0.717, 1.165) is 19.4 Å². The molecule has 0 aliphatic carbocycles. The van der Waals surface area contributed by atoms with Crippen LogP contribution in [0.15, 0.2) is 18.2 Å². The Bertz CT molecular complexity index is 481. The van der Waals surface area contributed by atoms with E-state index in [9.17, 15) is 4.79 Å². The topological polar surface area (TPSA) is 49.8 Å². The molecular weight excluding hydrogens is 301 g/mol. The number of hydrogen-bond acceptors (Lipinski definition) is 3. The zero-order valence-corrected chi connectivity index (χ0v) is 12.5. The Hall–Kier alpha value is -0.970. The van der Waals surface area contributed by atoms with E-state index in [4.69, 9.17) is 33.0 Å². The first kappa shape index (κ1) is 15.4. The fourth-order valence-electron chi connectivity index (χ4n) is 2.24. The molecule has 1 amide bonds. The molecule has 0 spiro atoms. The Morgan fingerprint density at radius 2 is 2.20 bits per heavy atom. The number of aliphatic hydroxyl groups is 1. The van der Waals surface area contributed by atoms with Gasteiger partial charge in [-0.15, -0.1) is 0 Å². The van der Waals surface area contributed by atoms with Crippen molar-refractivity contribution >= 4 is 29.1 Å². The maximum Gasteiger partial charge on any atom is 0.260 e. The molecule has 1 heterocycles. The average molecular weight is 318 g/mol. The Balaban J connectivity index is 1.86. The number of hydrogen-bond donors (Lipinski definition) is 1. The monoisotopic (exact) mass is 317 g/mol. The summed E-state index contributed by atoms with van der Waals surface area (Å²) in [5.41, 5.74) is 0. The van der Waals surface area contributed by atoms with Crippen LogP contribution in [-0.2, 0) is 4.79 Å². The van der Waals surface area contributed by atoms with Gasteiger partial charge in [0.25, 0.3) is 5.91 Å². The van der Waals surface area contributed by atoms with Crippen molar-refractivity contribution in [1.29, 1.82) is 0 Å². The number of aliphatic hydroxyl groups excluding tert-OH is 1. The number of amides is 1. The molecule has 0 radical (unpaired) electrons. The highest BCUT2D eigenvalue weighted by molar-refractivity contribution is 6.42. The smallest absolute Gasteiger partial charge is 0.260 e. The first-order chi connectivity index (χ1) is 9.60. The second-order valence-electron chi connectivity index (χ2n) is 4.90. The molecule has 1 fully saturated rings. The van der Waals surface area contributed by atoms with E-state index in [-0.39, 0.29) is 25.0 Å². The number of nitrogens with zero attached hydrogens (tertiary/aromatic N) is 1. The van der Waals surface area contributed by atoms with E-state index in [0.29, 0.717) is 22.3 Å². The predicted octanol–water partition coefficient (Wildman–Crippen LogP) is 2.60. The van der Waals surface area contributed by atoms with Gasteiger partial charge in [0.2, 0.25) is 0 Å². The quantitative estimate of drug-likeness (QED) is 0.928. The number of carbonyl (C=O) groups is 1. The van der Waals surface area contributed by atoms with E-state index in [1.165, 1.54) is 0 Å². The second kappa shape index (κ2) is 7.16. The maximum absolute atomic E-state index is 12.0. The fourth-order valence-corrected chi connectivity index (χ4v) is 2.53. The van der Waals surface area contributed by atoms with Crippen LogP contribution in [0.3, 0.4) is 0 Å². The Labute approximate surface area is 128 Å². The third-order valence-electron chi connectivity index (χ3n) is 3.38. The number of benzene rings is 1. The van der Waals surface area contributed by atoms with Crippen molar-refractivity contribution in [2.45, 2.75) is 12.8 Å². The summed E-state index contributed by atoms with van der Waals surface area (Å²) in [7, 11) is 0. The van der Waals surface area contributed by atoms with E-state index >= 15 is 0 Å². The lowest BCUT2D eigenvalue weighted by Crippen LogP contribution is -2.43. The molecule has 1 N–H and O–H groups in total. The van der Waals surface area contributed by atoms with Crippen molar-refractivity contribution in [2.75, 3.05) is 26.3 Å². The first-order valence-corrected chi connectivity index (χ1v) is 7.32. The summed E-state index contributed by atoms with van der Waals surface area (Å²) in [5, 5.41) is 10.0. The number of rotatable bonds is 4. The van der Waals surface area contributed by atoms with Crippen LogP contribution in [0.25, 0.3) is 0 Å². The second-order valence-corrected chi connectivity index (χ2v) is 5.71. The SMILES string of the molecule is O=C(COc1ccc(Cl)c(Cl)c1)N1CCCC(CO)C1. The van der Waals surface area contributed by atoms with Gasteiger partial charge in [0, 0.05) is 25.8 Å². The number of carbonyl (C=O) groups excluding carboxylic acids is 1. The van der Waals surface area contributed by atoms with Crippen LogP contribution in [0.1, 0.15) is 12.8 Å². The normalized spacial score (nSPS) is 18.9. The van der Waals surface area contributed by atoms with Gasteiger partial charge in [-0.25, -0.2) is 0 Å². The van der Waals surface area contributed by atoms with Crippen LogP contribution in [0.5, 0.6) is 5.75 Å². The number of piperidine rings is 1. The molecule has 1 aromatic carbocycles. The fraction of sp³-hybridized carbons (Fsp3) is 0.500. The van der Waals surface area contributed by atoms with Crippen molar-refractivity contribution in [2.24, 2.45) is 5.92 Å². The van der Waals surface area contributed by atoms with Gasteiger partial charge in [-0.2, -0.15) is 0 Å². The number of likely N-dealkylation sites (tertiary alicyclic amines) is 1. The lowest BCUT2D eigenvalue weighted by molar-refractivity contribution is -0.135. The van der Waals surface area contributed by atoms with Crippen molar-refractivity contribution in [3.8, 4) is 5.75 Å². The largest absolute Gasteiger partial charge is 0.484 e. The van der Waals surface area contributed by atoms with Crippen molar-refractivity contribution in [1.82, 2.24) is 4.90 Å². The van der Waals surface area contributed by atoms with Crippen LogP contribution < -0.4 is 4.74 Å². The van der Waals surface area contributed by atoms with Gasteiger partial charge in [0.05, 0.1) is 10.0 Å². The zero-order valence-electron chi connectivity index (χ0n) is 11.0. The van der Waals surface area contributed by atoms with Crippen molar-refractivity contribution < 1.29 is 14.6 Å². The maximum atomic E-state index is 12.0. The number of ether oxygens (including phenoxy) is 1. The molecule has 0 aromatic heterocycles. The molecule has 1 aliphatic rings. The van der Waals surface area contributed by atoms with Gasteiger partial charge in [0.15, 0.2) is 6.61 Å². The molecule has 1 aliphatic heterocycles. The minimum absolute atomic E-state index is 0.0316. The predicted molar refractivity (Wildman–Crippen MR) is 78.3 cm³/mol. The molecule has 4 nitrogen and oxygen atoms in total. The molecule has 1 unspecified atom stereocenters. The van der Waals surface area contributed by atoms with E-state index in [2.05, 4.69) is 0 Å². The third-order valence-corrected chi connectivity index (χ3v) is 4.12. The Kier molecular flexibility index (Phi) is 5.52. The summed E-state index contributed by atoms with van der Waals surface area (Å²) in [4.78, 5) is 13.8. The van der Waals surface area contributed by atoms with E-state index in [1.54, 1.807) is 23.1 Å². The molecule has 0 bridgehead atoms. The zero-order chi connectivity index (χ0) is 14.5. The van der Waals surface area contributed by atoms with Gasteiger partial charge in [-0.3, -0.25) is 4.79 Å². The highest BCUT2D eigenvalue weighted by atomic mass is 35.5. The summed E-state index contributed by atoms with van der Waals surface area (Å²) in [5.74, 6) is 0.621. The summed E-state index contributed by atoms with van der Waals surface area (Å²) < 4.78 is 5.43. The van der Waals surface area contributed by atoms with Crippen molar-refractivity contribution in [3.05, 3.63) is 28.2 Å². The molecule has 110 valence electrons. The van der Waals surface area contributed by atoms with Crippen LogP contribution in [0.4, 0.5) is 0 Å². The summed E-state index contributed by atoms with van der Waals surface area (Å²) in [6.07, 6.45) is 1.89. The van der Waals surface area contributed by atoms with Gasteiger partial charge in [-0.05, 0) is 30.9 Å². The minimum Gasteiger partial charge on any atom is -0.484 e. The third kappa shape index (κ3) is 4.01. The van der Waals surface area contributed by atoms with Gasteiger partial charge < -0.3 is 14.7 Å². The lowest BCUT2D eigenvalue weighted by atomic mass is 9.99. The molecule has 6 heteroatoms. The number of halogens is 2. The van der Waals surface area contributed by atoms with Crippen LogP contribution in [0, 0.1) is 5.92 Å². The molecule has 0 saturated carbocycles. The first-order valence-electron chi connectivity index (χ1n) is 6.56. The van der Waals surface area contributed by atoms with Crippen LogP contribution >= 0.6 is 23.2 Å². The van der Waals surface area contributed by atoms with E-state index < -0.39 is 0 Å². The molecule has 1 saturated heterocycles. The van der Waals surface area contributed by atoms with Crippen LogP contribution in [0.2, 0.25) is 10.0 Å². The van der Waals surface area contributed by atoms with Gasteiger partial charge >= 0.3 is 0 Å². The standard InChI is InChI=1S/C14H17Cl2NO3/c15-12-4-3-11(6-13(12)16)20-9-14(19)17-5-1-2-10(7-17)8-18/h3-4,6,10,18H,1-2,5,7-9H2. The molecule has 2 rings (SSSR count). The highest BCUT2D eigenvalue weighted by Crippen LogP contribution is 2.26. The lowest BCUT2D eigenvalue weighted by Gasteiger charge is -2.31. The molecule has 20 heavy (non-hydrogen) atoms. The van der Waals surface area contributed by atoms with E-state index in [1.807, 2.05) is 0 Å². The Morgan fingerprint density at radius 3 is 2.90 bits per heavy atom. The molecular formula is C14H17Cl2NO3. The summed E-state index contributed by atoms with van der Waals surface area (Å²) in [6.45, 7) is 1.41. The van der Waals surface area contributed by atoms with Crippen molar-refractivity contribution in [3.63, 3.8) is 0 Å². The molecule has 1 atom stereocenters. The highest BCUT2D eigenvalue weighted by Gasteiger charge is 2.23. The summed E-state index contributed by atoms with van der Waals surface area (Å²) in [6, 6.07) is 4.89. The Morgan fingerprint density at radius 1 is 1.40 bits per heavy atom. The summed E-state index contributed by atoms with van der Waals surface area (Å²) >= 11 is 11.7. The minimum atomic E-state index is -0.0748. The van der Waals surface area contributed by atoms with Gasteiger partial charge in [0.1, 0.15) is 5.75 Å².